The topological polar surface area (TPSA) is 130 Å². The van der Waals surface area contributed by atoms with Crippen LogP contribution in [0.15, 0.2) is 48.8 Å². The maximum atomic E-state index is 14.9. The number of halogens is 3. The molecule has 2 aromatic heterocycles. The van der Waals surface area contributed by atoms with Crippen molar-refractivity contribution in [3.63, 3.8) is 0 Å². The first-order valence-corrected chi connectivity index (χ1v) is 11.9. The van der Waals surface area contributed by atoms with Gasteiger partial charge in [0.05, 0.1) is 25.4 Å². The van der Waals surface area contributed by atoms with Crippen LogP contribution in [0.25, 0.3) is 10.9 Å². The molecule has 4 aromatic rings. The SMILES string of the molecule is CNCCOc1cc2nccc(Oc3c(F)cc(NC(=O)OC(=O)c4c(OC)ccnc4F)cc3F)c2cc1OC. The first kappa shape index (κ1) is 28.9. The van der Waals surface area contributed by atoms with Crippen LogP contribution in [-0.2, 0) is 4.74 Å². The lowest BCUT2D eigenvalue weighted by Crippen LogP contribution is -2.20. The van der Waals surface area contributed by atoms with Crippen LogP contribution in [0, 0.1) is 17.6 Å². The van der Waals surface area contributed by atoms with Crippen molar-refractivity contribution in [2.45, 2.75) is 0 Å². The number of nitrogens with one attached hydrogen (secondary N) is 2. The predicted octanol–water partition coefficient (Wildman–Crippen LogP) is 4.84. The molecule has 214 valence electrons. The van der Waals surface area contributed by atoms with E-state index in [4.69, 9.17) is 18.9 Å². The molecule has 2 N–H and O–H groups in total. The maximum absolute atomic E-state index is 14.9. The van der Waals surface area contributed by atoms with E-state index in [1.165, 1.54) is 32.5 Å². The van der Waals surface area contributed by atoms with E-state index in [-0.39, 0.29) is 11.5 Å². The van der Waals surface area contributed by atoms with Gasteiger partial charge in [-0.05, 0) is 25.2 Å². The average Bonchev–Trinajstić information content (AvgIpc) is 2.94. The van der Waals surface area contributed by atoms with Gasteiger partial charge in [-0.25, -0.2) is 23.4 Å². The largest absolute Gasteiger partial charge is 0.496 e. The third kappa shape index (κ3) is 6.55. The lowest BCUT2D eigenvalue weighted by molar-refractivity contribution is 0.0635. The zero-order valence-electron chi connectivity index (χ0n) is 21.9. The minimum absolute atomic E-state index is 0.0611. The van der Waals surface area contributed by atoms with E-state index in [1.54, 1.807) is 19.2 Å². The molecule has 2 aromatic carbocycles. The zero-order chi connectivity index (χ0) is 29.5. The van der Waals surface area contributed by atoms with Gasteiger partial charge in [-0.1, -0.05) is 0 Å². The number of carbonyl (C=O) groups excluding carboxylic acids is 2. The van der Waals surface area contributed by atoms with Crippen LogP contribution in [0.3, 0.4) is 0 Å². The Morgan fingerprint density at radius 1 is 0.878 bits per heavy atom. The van der Waals surface area contributed by atoms with Crippen molar-refractivity contribution in [3.8, 4) is 28.7 Å². The smallest absolute Gasteiger partial charge is 0.419 e. The summed E-state index contributed by atoms with van der Waals surface area (Å²) in [6.45, 7) is 0.953. The van der Waals surface area contributed by atoms with Crippen molar-refractivity contribution in [1.82, 2.24) is 15.3 Å². The standard InChI is InChI=1S/C27H23F3N4O7/c1-31-8-9-39-22-13-18-15(12-21(22)38-3)19(4-6-32-18)40-24-16(28)10-14(11-17(24)29)34-27(36)41-26(35)23-20(37-2)5-7-33-25(23)30/h4-7,10-13,31H,8-9H2,1-3H3,(H,34,36). The number of amides is 1. The lowest BCUT2D eigenvalue weighted by atomic mass is 10.1. The number of pyridine rings is 2. The molecular weight excluding hydrogens is 549 g/mol. The van der Waals surface area contributed by atoms with Crippen LogP contribution in [-0.4, -0.2) is 56.4 Å². The number of methoxy groups -OCH3 is 2. The van der Waals surface area contributed by atoms with Crippen molar-refractivity contribution in [1.29, 1.82) is 0 Å². The van der Waals surface area contributed by atoms with Crippen LogP contribution >= 0.6 is 0 Å². The summed E-state index contributed by atoms with van der Waals surface area (Å²) in [5, 5.41) is 5.34. The van der Waals surface area contributed by atoms with Gasteiger partial charge in [0.15, 0.2) is 34.4 Å². The first-order valence-electron chi connectivity index (χ1n) is 11.9. The Kier molecular flexibility index (Phi) is 9.04. The number of nitrogens with zero attached hydrogens (tertiary/aromatic N) is 2. The number of esters is 1. The minimum atomic E-state index is -1.44. The van der Waals surface area contributed by atoms with Crippen molar-refractivity contribution >= 4 is 28.7 Å². The Balaban J connectivity index is 1.53. The fraction of sp³-hybridized carbons (Fsp3) is 0.185. The first-order chi connectivity index (χ1) is 19.7. The van der Waals surface area contributed by atoms with Gasteiger partial charge in [0, 0.05) is 42.5 Å². The summed E-state index contributed by atoms with van der Waals surface area (Å²) in [5.41, 5.74) is -0.728. The number of aromatic nitrogens is 2. The van der Waals surface area contributed by atoms with Gasteiger partial charge in [0.2, 0.25) is 5.95 Å². The van der Waals surface area contributed by atoms with Crippen LogP contribution in [0.5, 0.6) is 28.7 Å². The number of anilines is 1. The van der Waals surface area contributed by atoms with E-state index in [2.05, 4.69) is 20.0 Å². The van der Waals surface area contributed by atoms with Crippen LogP contribution in [0.1, 0.15) is 10.4 Å². The third-order valence-corrected chi connectivity index (χ3v) is 5.53. The van der Waals surface area contributed by atoms with Gasteiger partial charge < -0.3 is 29.0 Å². The normalized spacial score (nSPS) is 10.7. The van der Waals surface area contributed by atoms with E-state index < -0.39 is 46.6 Å². The molecule has 41 heavy (non-hydrogen) atoms. The summed E-state index contributed by atoms with van der Waals surface area (Å²) >= 11 is 0. The highest BCUT2D eigenvalue weighted by Crippen LogP contribution is 2.38. The molecule has 0 aliphatic rings. The molecule has 0 bridgehead atoms. The number of rotatable bonds is 10. The lowest BCUT2D eigenvalue weighted by Gasteiger charge is -2.15. The van der Waals surface area contributed by atoms with Crippen molar-refractivity contribution < 1.29 is 46.4 Å². The van der Waals surface area contributed by atoms with Crippen molar-refractivity contribution in [2.75, 3.05) is 39.7 Å². The van der Waals surface area contributed by atoms with E-state index >= 15 is 0 Å². The number of benzene rings is 2. The Morgan fingerprint density at radius 3 is 2.24 bits per heavy atom. The zero-order valence-corrected chi connectivity index (χ0v) is 21.9. The average molecular weight is 572 g/mol. The molecule has 0 atom stereocenters. The summed E-state index contributed by atoms with van der Waals surface area (Å²) in [6, 6.07) is 7.24. The van der Waals surface area contributed by atoms with Gasteiger partial charge in [0.25, 0.3) is 0 Å². The second-order valence-corrected chi connectivity index (χ2v) is 8.13. The number of hydrogen-bond acceptors (Lipinski definition) is 10. The molecule has 0 saturated carbocycles. The molecular formula is C27H23F3N4O7. The van der Waals surface area contributed by atoms with Gasteiger partial charge in [-0.3, -0.25) is 10.3 Å². The molecule has 4 rings (SSSR count). The molecule has 0 radical (unpaired) electrons. The monoisotopic (exact) mass is 572 g/mol. The minimum Gasteiger partial charge on any atom is -0.496 e. The molecule has 0 fully saturated rings. The number of fused-ring (bicyclic) bond motifs is 1. The molecule has 0 spiro atoms. The Morgan fingerprint density at radius 2 is 1.56 bits per heavy atom. The van der Waals surface area contributed by atoms with E-state index in [1.807, 2.05) is 5.32 Å². The predicted molar refractivity (Wildman–Crippen MR) is 139 cm³/mol. The highest BCUT2D eigenvalue weighted by molar-refractivity contribution is 6.01. The van der Waals surface area contributed by atoms with E-state index in [9.17, 15) is 22.8 Å². The van der Waals surface area contributed by atoms with Crippen LogP contribution in [0.2, 0.25) is 0 Å². The molecule has 1 amide bonds. The number of carbonyl (C=O) groups is 2. The number of hydrogen-bond donors (Lipinski definition) is 2. The van der Waals surface area contributed by atoms with Crippen LogP contribution < -0.4 is 29.6 Å². The van der Waals surface area contributed by atoms with E-state index in [0.717, 1.165) is 18.3 Å². The van der Waals surface area contributed by atoms with Gasteiger partial charge >= 0.3 is 12.1 Å². The maximum Gasteiger partial charge on any atom is 0.419 e. The molecule has 14 heteroatoms. The number of ether oxygens (including phenoxy) is 5. The molecule has 11 nitrogen and oxygen atoms in total. The molecule has 0 aliphatic carbocycles. The second-order valence-electron chi connectivity index (χ2n) is 8.13. The number of likely N-dealkylation sites (N-methyl/N-ethyl adjacent to an activating group) is 1. The summed E-state index contributed by atoms with van der Waals surface area (Å²) in [4.78, 5) is 32.0. The summed E-state index contributed by atoms with van der Waals surface area (Å²) in [6.07, 6.45) is 0.997. The Labute approximate surface area is 231 Å². The van der Waals surface area contributed by atoms with Gasteiger partial charge in [0.1, 0.15) is 18.1 Å². The fourth-order valence-corrected chi connectivity index (χ4v) is 3.65. The molecule has 0 saturated heterocycles. The molecule has 0 aliphatic heterocycles. The van der Waals surface area contributed by atoms with E-state index in [0.29, 0.717) is 35.6 Å². The highest BCUT2D eigenvalue weighted by Gasteiger charge is 2.24. The molecule has 0 unspecified atom stereocenters. The summed E-state index contributed by atoms with van der Waals surface area (Å²) in [5.74, 6) is -5.21. The van der Waals surface area contributed by atoms with Crippen molar-refractivity contribution in [3.05, 3.63) is 71.9 Å². The third-order valence-electron chi connectivity index (χ3n) is 5.53. The highest BCUT2D eigenvalue weighted by atomic mass is 19.1. The summed E-state index contributed by atoms with van der Waals surface area (Å²) < 4.78 is 69.9. The Hall–Kier alpha value is -5.11. The second kappa shape index (κ2) is 12.8. The van der Waals surface area contributed by atoms with Gasteiger partial charge in [-0.15, -0.1) is 0 Å². The quantitative estimate of drug-likeness (QED) is 0.118. The fourth-order valence-electron chi connectivity index (χ4n) is 3.65. The molecule has 2 heterocycles. The Bertz CT molecular complexity index is 1580. The summed E-state index contributed by atoms with van der Waals surface area (Å²) in [7, 11) is 4.39. The van der Waals surface area contributed by atoms with Crippen LogP contribution in [0.4, 0.5) is 23.7 Å². The van der Waals surface area contributed by atoms with Crippen molar-refractivity contribution in [2.24, 2.45) is 0 Å². The van der Waals surface area contributed by atoms with Gasteiger partial charge in [-0.2, -0.15) is 4.39 Å².